The fourth-order valence-corrected chi connectivity index (χ4v) is 5.38. The van der Waals surface area contributed by atoms with Crippen molar-refractivity contribution in [2.45, 2.75) is 88.4 Å². The Morgan fingerprint density at radius 2 is 0.800 bits per heavy atom. The Balaban J connectivity index is 1.70. The van der Waals surface area contributed by atoms with E-state index in [1.54, 1.807) is 25.7 Å². The molecule has 1 atom stereocenters. The zero-order valence-corrected chi connectivity index (χ0v) is 11.1. The summed E-state index contributed by atoms with van der Waals surface area (Å²) in [5.74, 6) is 0. The molecule has 2 rings (SSSR count). The molecule has 0 nitrogen and oxygen atoms in total. The highest BCUT2D eigenvalue weighted by Crippen LogP contribution is 2.40. The van der Waals surface area contributed by atoms with Crippen LogP contribution in [0.3, 0.4) is 0 Å². The molecule has 88 valence electrons. The van der Waals surface area contributed by atoms with Gasteiger partial charge in [0.05, 0.1) is 0 Å². The number of rotatable bonds is 2. The lowest BCUT2D eigenvalue weighted by molar-refractivity contribution is 0.492. The van der Waals surface area contributed by atoms with Crippen molar-refractivity contribution in [2.75, 3.05) is 0 Å². The lowest BCUT2D eigenvalue weighted by Crippen LogP contribution is -2.13. The Morgan fingerprint density at radius 3 is 1.27 bits per heavy atom. The molecule has 15 heavy (non-hydrogen) atoms. The fraction of sp³-hybridized carbons (Fsp3) is 1.00. The predicted octanol–water partition coefficient (Wildman–Crippen LogP) is 5.11. The number of hydrogen-bond donors (Lipinski definition) is 0. The second-order valence-corrected chi connectivity index (χ2v) is 7.51. The molecule has 0 aliphatic heterocycles. The fourth-order valence-electron chi connectivity index (χ4n) is 3.23. The van der Waals surface area contributed by atoms with Gasteiger partial charge in [-0.25, -0.2) is 0 Å². The zero-order chi connectivity index (χ0) is 10.3. The Labute approximate surface area is 97.4 Å². The molecule has 2 saturated carbocycles. The van der Waals surface area contributed by atoms with Crippen molar-refractivity contribution >= 4 is 8.58 Å². The van der Waals surface area contributed by atoms with Crippen LogP contribution in [0.4, 0.5) is 0 Å². The zero-order valence-electron chi connectivity index (χ0n) is 10.1. The van der Waals surface area contributed by atoms with E-state index in [1.165, 1.54) is 59.9 Å². The first kappa shape index (κ1) is 11.9. The van der Waals surface area contributed by atoms with Gasteiger partial charge < -0.3 is 0 Å². The highest BCUT2D eigenvalue weighted by atomic mass is 31.1. The molecule has 0 aromatic rings. The summed E-state index contributed by atoms with van der Waals surface area (Å²) in [5.41, 5.74) is 2.27. The number of hydrogen-bond acceptors (Lipinski definition) is 0. The van der Waals surface area contributed by atoms with Crippen LogP contribution < -0.4 is 0 Å². The third-order valence-electron chi connectivity index (χ3n) is 4.18. The average Bonchev–Trinajstić information content (AvgIpc) is 2.23. The molecule has 0 heterocycles. The van der Waals surface area contributed by atoms with Crippen LogP contribution in [0.2, 0.25) is 0 Å². The molecule has 1 unspecified atom stereocenters. The van der Waals surface area contributed by atoms with E-state index in [4.69, 9.17) is 0 Å². The summed E-state index contributed by atoms with van der Waals surface area (Å²) >= 11 is 0. The molecular formula is C14H27P. The third kappa shape index (κ3) is 4.43. The van der Waals surface area contributed by atoms with Crippen molar-refractivity contribution in [1.29, 1.82) is 0 Å². The van der Waals surface area contributed by atoms with E-state index in [0.29, 0.717) is 0 Å². The molecule has 0 aromatic heterocycles. The predicted molar refractivity (Wildman–Crippen MR) is 71.3 cm³/mol. The summed E-state index contributed by atoms with van der Waals surface area (Å²) in [5, 5.41) is 0. The molecule has 0 spiro atoms. The molecule has 0 amide bonds. The molecule has 0 bridgehead atoms. The standard InChI is InChI=1S/C14H27P/c1-2-5-9-13(10-6-3-1)15-14-11-7-4-8-12-14/h13-15H,1-12H2. The minimum Gasteiger partial charge on any atom is -0.116 e. The molecule has 2 fully saturated rings. The van der Waals surface area contributed by atoms with Crippen LogP contribution in [0.5, 0.6) is 0 Å². The van der Waals surface area contributed by atoms with Crippen molar-refractivity contribution in [3.63, 3.8) is 0 Å². The van der Waals surface area contributed by atoms with Gasteiger partial charge in [-0.15, -0.1) is 8.58 Å². The minimum atomic E-state index is 1.13. The van der Waals surface area contributed by atoms with Crippen molar-refractivity contribution in [1.82, 2.24) is 0 Å². The van der Waals surface area contributed by atoms with Crippen LogP contribution in [0, 0.1) is 0 Å². The first-order valence-corrected chi connectivity index (χ1v) is 8.37. The molecule has 2 aliphatic rings. The summed E-state index contributed by atoms with van der Waals surface area (Å²) in [6, 6.07) is 0. The molecule has 0 saturated heterocycles. The first-order chi connectivity index (χ1) is 7.45. The Morgan fingerprint density at radius 1 is 0.467 bits per heavy atom. The normalized spacial score (nSPS) is 28.0. The smallest absolute Gasteiger partial charge is 0.0234 e. The quantitative estimate of drug-likeness (QED) is 0.574. The lowest BCUT2D eigenvalue weighted by atomic mass is 10.00. The molecule has 1 heteroatoms. The SMILES string of the molecule is C1CCCC(PC2CCCCC2)CCC1. The summed E-state index contributed by atoms with van der Waals surface area (Å²) in [6.07, 6.45) is 18.5. The molecule has 0 radical (unpaired) electrons. The van der Waals surface area contributed by atoms with E-state index in [2.05, 4.69) is 0 Å². The van der Waals surface area contributed by atoms with Gasteiger partial charge in [-0.05, 0) is 37.0 Å². The van der Waals surface area contributed by atoms with Gasteiger partial charge in [0, 0.05) is 0 Å². The van der Waals surface area contributed by atoms with Gasteiger partial charge in [-0.1, -0.05) is 51.4 Å². The van der Waals surface area contributed by atoms with Gasteiger partial charge in [-0.2, -0.15) is 0 Å². The van der Waals surface area contributed by atoms with Crippen molar-refractivity contribution in [3.05, 3.63) is 0 Å². The Bertz CT molecular complexity index is 153. The van der Waals surface area contributed by atoms with Crippen LogP contribution in [-0.4, -0.2) is 11.3 Å². The maximum atomic E-state index is 1.56. The van der Waals surface area contributed by atoms with Crippen molar-refractivity contribution in [3.8, 4) is 0 Å². The van der Waals surface area contributed by atoms with Gasteiger partial charge in [0.1, 0.15) is 0 Å². The van der Waals surface area contributed by atoms with E-state index in [9.17, 15) is 0 Å². The Hall–Kier alpha value is 0.430. The molecule has 0 aromatic carbocycles. The Kier molecular flexibility index (Phi) is 5.47. The maximum absolute atomic E-state index is 1.56. The molecule has 0 N–H and O–H groups in total. The molecular weight excluding hydrogens is 199 g/mol. The second-order valence-electron chi connectivity index (χ2n) is 5.54. The minimum absolute atomic E-state index is 1.13. The first-order valence-electron chi connectivity index (χ1n) is 7.21. The second kappa shape index (κ2) is 6.89. The highest BCUT2D eigenvalue weighted by molar-refractivity contribution is 7.39. The van der Waals surface area contributed by atoms with E-state index in [1.807, 2.05) is 0 Å². The highest BCUT2D eigenvalue weighted by Gasteiger charge is 2.19. The monoisotopic (exact) mass is 226 g/mol. The van der Waals surface area contributed by atoms with E-state index < -0.39 is 0 Å². The summed E-state index contributed by atoms with van der Waals surface area (Å²) in [7, 11) is 1.32. The van der Waals surface area contributed by atoms with Gasteiger partial charge >= 0.3 is 0 Å². The topological polar surface area (TPSA) is 0 Å². The van der Waals surface area contributed by atoms with Crippen LogP contribution >= 0.6 is 8.58 Å². The summed E-state index contributed by atoms with van der Waals surface area (Å²) in [4.78, 5) is 0. The van der Waals surface area contributed by atoms with Crippen LogP contribution in [0.15, 0.2) is 0 Å². The van der Waals surface area contributed by atoms with Gasteiger partial charge in [0.15, 0.2) is 0 Å². The van der Waals surface area contributed by atoms with E-state index in [0.717, 1.165) is 11.3 Å². The third-order valence-corrected chi connectivity index (χ3v) is 6.28. The van der Waals surface area contributed by atoms with E-state index >= 15 is 0 Å². The van der Waals surface area contributed by atoms with Crippen molar-refractivity contribution < 1.29 is 0 Å². The maximum Gasteiger partial charge on any atom is -0.0234 e. The summed E-state index contributed by atoms with van der Waals surface area (Å²) < 4.78 is 0. The summed E-state index contributed by atoms with van der Waals surface area (Å²) in [6.45, 7) is 0. The average molecular weight is 226 g/mol. The van der Waals surface area contributed by atoms with E-state index in [-0.39, 0.29) is 0 Å². The van der Waals surface area contributed by atoms with Gasteiger partial charge in [0.2, 0.25) is 0 Å². The lowest BCUT2D eigenvalue weighted by Gasteiger charge is -2.27. The van der Waals surface area contributed by atoms with Crippen molar-refractivity contribution in [2.24, 2.45) is 0 Å². The van der Waals surface area contributed by atoms with Crippen LogP contribution in [-0.2, 0) is 0 Å². The molecule has 2 aliphatic carbocycles. The van der Waals surface area contributed by atoms with Gasteiger partial charge in [0.25, 0.3) is 0 Å². The van der Waals surface area contributed by atoms with Gasteiger partial charge in [-0.3, -0.25) is 0 Å². The van der Waals surface area contributed by atoms with Crippen LogP contribution in [0.25, 0.3) is 0 Å². The van der Waals surface area contributed by atoms with Crippen LogP contribution in [0.1, 0.15) is 77.0 Å². The largest absolute Gasteiger partial charge is 0.116 e.